The van der Waals surface area contributed by atoms with Gasteiger partial charge in [-0.05, 0) is 30.7 Å². The van der Waals surface area contributed by atoms with Gasteiger partial charge in [-0.2, -0.15) is 0 Å². The van der Waals surface area contributed by atoms with Crippen molar-refractivity contribution < 1.29 is 14.6 Å². The normalized spacial score (nSPS) is 11.9. The number of aliphatic carboxylic acids is 1. The summed E-state index contributed by atoms with van der Waals surface area (Å²) in [5.41, 5.74) is 2.02. The van der Waals surface area contributed by atoms with Gasteiger partial charge in [-0.15, -0.1) is 0 Å². The third-order valence-electron chi connectivity index (χ3n) is 2.85. The van der Waals surface area contributed by atoms with E-state index in [0.29, 0.717) is 17.2 Å². The van der Waals surface area contributed by atoms with Crippen LogP contribution in [0, 0.1) is 6.92 Å². The van der Waals surface area contributed by atoms with E-state index in [-0.39, 0.29) is 0 Å². The fourth-order valence-electron chi connectivity index (χ4n) is 1.94. The van der Waals surface area contributed by atoms with Crippen LogP contribution in [-0.4, -0.2) is 17.2 Å². The van der Waals surface area contributed by atoms with Gasteiger partial charge in [-0.1, -0.05) is 47.5 Å². The third kappa shape index (κ3) is 4.00. The van der Waals surface area contributed by atoms with E-state index in [1.54, 1.807) is 24.3 Å². The number of hydrogen-bond donors (Lipinski definition) is 1. The largest absolute Gasteiger partial charge is 0.478 e. The Labute approximate surface area is 122 Å². The van der Waals surface area contributed by atoms with Gasteiger partial charge >= 0.3 is 5.97 Å². The molecule has 104 valence electrons. The van der Waals surface area contributed by atoms with E-state index in [2.05, 4.69) is 0 Å². The van der Waals surface area contributed by atoms with Crippen LogP contribution in [0.25, 0.3) is 0 Å². The van der Waals surface area contributed by atoms with Crippen LogP contribution in [0.15, 0.2) is 48.5 Å². The summed E-state index contributed by atoms with van der Waals surface area (Å²) in [5.74, 6) is -0.538. The Morgan fingerprint density at radius 2 is 2.00 bits per heavy atom. The number of carboxylic acids is 1. The highest BCUT2D eigenvalue weighted by atomic mass is 35.5. The van der Waals surface area contributed by atoms with Gasteiger partial charge in [-0.3, -0.25) is 0 Å². The molecule has 0 saturated carbocycles. The van der Waals surface area contributed by atoms with Gasteiger partial charge in [0.15, 0.2) is 6.10 Å². The number of halogens is 1. The quantitative estimate of drug-likeness (QED) is 0.913. The van der Waals surface area contributed by atoms with Crippen molar-refractivity contribution in [1.29, 1.82) is 0 Å². The van der Waals surface area contributed by atoms with Crippen LogP contribution in [0.5, 0.6) is 5.75 Å². The zero-order valence-corrected chi connectivity index (χ0v) is 11.8. The smallest absolute Gasteiger partial charge is 0.345 e. The molecule has 2 aromatic rings. The Balaban J connectivity index is 2.13. The second-order valence-electron chi connectivity index (χ2n) is 4.60. The molecule has 0 radical (unpaired) electrons. The fourth-order valence-corrected chi connectivity index (χ4v) is 2.12. The average molecular weight is 291 g/mol. The van der Waals surface area contributed by atoms with Crippen molar-refractivity contribution >= 4 is 17.6 Å². The van der Waals surface area contributed by atoms with Crippen LogP contribution in [0.4, 0.5) is 0 Å². The molecule has 0 unspecified atom stereocenters. The van der Waals surface area contributed by atoms with Crippen LogP contribution >= 0.6 is 11.6 Å². The number of ether oxygens (including phenoxy) is 1. The first-order valence-corrected chi connectivity index (χ1v) is 6.63. The topological polar surface area (TPSA) is 46.5 Å². The van der Waals surface area contributed by atoms with E-state index in [9.17, 15) is 9.90 Å². The zero-order chi connectivity index (χ0) is 14.5. The van der Waals surface area contributed by atoms with E-state index in [1.165, 1.54) is 0 Å². The highest BCUT2D eigenvalue weighted by molar-refractivity contribution is 6.30. The Hall–Kier alpha value is -2.00. The van der Waals surface area contributed by atoms with Crippen molar-refractivity contribution in [1.82, 2.24) is 0 Å². The summed E-state index contributed by atoms with van der Waals surface area (Å²) in [4.78, 5) is 11.3. The predicted octanol–water partition coefficient (Wildman–Crippen LogP) is 3.72. The van der Waals surface area contributed by atoms with Gasteiger partial charge in [-0.25, -0.2) is 4.79 Å². The molecule has 0 saturated heterocycles. The SMILES string of the molecule is Cc1cccc(C[C@@H](Oc2cccc(Cl)c2)C(=O)O)c1. The Morgan fingerprint density at radius 1 is 1.25 bits per heavy atom. The molecule has 1 N–H and O–H groups in total. The highest BCUT2D eigenvalue weighted by Crippen LogP contribution is 2.20. The van der Waals surface area contributed by atoms with Gasteiger partial charge in [0.1, 0.15) is 5.75 Å². The lowest BCUT2D eigenvalue weighted by Crippen LogP contribution is -2.29. The van der Waals surface area contributed by atoms with Crippen molar-refractivity contribution in [3.8, 4) is 5.75 Å². The van der Waals surface area contributed by atoms with Crippen LogP contribution in [0.2, 0.25) is 5.02 Å². The molecule has 0 spiro atoms. The number of benzene rings is 2. The van der Waals surface area contributed by atoms with Gasteiger partial charge < -0.3 is 9.84 Å². The number of hydrogen-bond acceptors (Lipinski definition) is 2. The second-order valence-corrected chi connectivity index (χ2v) is 5.03. The van der Waals surface area contributed by atoms with Crippen molar-refractivity contribution in [2.45, 2.75) is 19.4 Å². The molecule has 20 heavy (non-hydrogen) atoms. The maximum absolute atomic E-state index is 11.3. The summed E-state index contributed by atoms with van der Waals surface area (Å²) in [7, 11) is 0. The van der Waals surface area contributed by atoms with Crippen LogP contribution in [0.3, 0.4) is 0 Å². The number of carboxylic acid groups (broad SMARTS) is 1. The second kappa shape index (κ2) is 6.44. The van der Waals surface area contributed by atoms with Crippen LogP contribution in [-0.2, 0) is 11.2 Å². The molecule has 0 aliphatic heterocycles. The number of aryl methyl sites for hydroxylation is 1. The summed E-state index contributed by atoms with van der Waals surface area (Å²) in [5, 5.41) is 9.79. The molecule has 0 aliphatic rings. The molecular formula is C16H15ClO3. The van der Waals surface area contributed by atoms with Gasteiger partial charge in [0.25, 0.3) is 0 Å². The van der Waals surface area contributed by atoms with Crippen molar-refractivity contribution in [3.05, 3.63) is 64.7 Å². The molecule has 4 heteroatoms. The molecule has 3 nitrogen and oxygen atoms in total. The van der Waals surface area contributed by atoms with Gasteiger partial charge in [0, 0.05) is 11.4 Å². The van der Waals surface area contributed by atoms with E-state index >= 15 is 0 Å². The summed E-state index contributed by atoms with van der Waals surface area (Å²) < 4.78 is 5.52. The minimum atomic E-state index is -0.994. The van der Waals surface area contributed by atoms with Gasteiger partial charge in [0.2, 0.25) is 0 Å². The van der Waals surface area contributed by atoms with Crippen molar-refractivity contribution in [2.75, 3.05) is 0 Å². The summed E-state index contributed by atoms with van der Waals surface area (Å²) in [6.45, 7) is 1.97. The average Bonchev–Trinajstić information content (AvgIpc) is 2.38. The Kier molecular flexibility index (Phi) is 4.64. The monoisotopic (exact) mass is 290 g/mol. The maximum Gasteiger partial charge on any atom is 0.345 e. The summed E-state index contributed by atoms with van der Waals surface area (Å²) in [6, 6.07) is 14.5. The van der Waals surface area contributed by atoms with E-state index < -0.39 is 12.1 Å². The minimum Gasteiger partial charge on any atom is -0.478 e. The molecule has 0 heterocycles. The summed E-state index contributed by atoms with van der Waals surface area (Å²) >= 11 is 5.86. The van der Waals surface area contributed by atoms with Crippen molar-refractivity contribution in [2.24, 2.45) is 0 Å². The lowest BCUT2D eigenvalue weighted by molar-refractivity contribution is -0.145. The standard InChI is InChI=1S/C16H15ClO3/c1-11-4-2-5-12(8-11)9-15(16(18)19)20-14-7-3-6-13(17)10-14/h2-8,10,15H,9H2,1H3,(H,18,19)/t15-/m1/s1. The fraction of sp³-hybridized carbons (Fsp3) is 0.188. The molecule has 0 aliphatic carbocycles. The lowest BCUT2D eigenvalue weighted by atomic mass is 10.1. The number of carbonyl (C=O) groups is 1. The molecule has 2 aromatic carbocycles. The molecule has 0 fully saturated rings. The molecule has 0 bridgehead atoms. The molecule has 2 rings (SSSR count). The zero-order valence-electron chi connectivity index (χ0n) is 11.0. The van der Waals surface area contributed by atoms with E-state index in [0.717, 1.165) is 11.1 Å². The maximum atomic E-state index is 11.3. The highest BCUT2D eigenvalue weighted by Gasteiger charge is 2.20. The van der Waals surface area contributed by atoms with E-state index in [4.69, 9.17) is 16.3 Å². The first-order valence-electron chi connectivity index (χ1n) is 6.25. The number of rotatable bonds is 5. The molecular weight excluding hydrogens is 276 g/mol. The van der Waals surface area contributed by atoms with Gasteiger partial charge in [0.05, 0.1) is 0 Å². The first kappa shape index (κ1) is 14.4. The molecule has 1 atom stereocenters. The Morgan fingerprint density at radius 3 is 2.65 bits per heavy atom. The third-order valence-corrected chi connectivity index (χ3v) is 3.09. The van der Waals surface area contributed by atoms with E-state index in [1.807, 2.05) is 31.2 Å². The molecule has 0 aromatic heterocycles. The predicted molar refractivity (Wildman–Crippen MR) is 78.4 cm³/mol. The van der Waals surface area contributed by atoms with Crippen molar-refractivity contribution in [3.63, 3.8) is 0 Å². The van der Waals surface area contributed by atoms with Crippen LogP contribution < -0.4 is 4.74 Å². The lowest BCUT2D eigenvalue weighted by Gasteiger charge is -2.15. The Bertz CT molecular complexity index is 563. The first-order chi connectivity index (χ1) is 9.54. The molecule has 0 amide bonds. The minimum absolute atomic E-state index is 0.309. The van der Waals surface area contributed by atoms with Crippen LogP contribution in [0.1, 0.15) is 11.1 Å². The summed E-state index contributed by atoms with van der Waals surface area (Å²) in [6.07, 6.45) is -0.626.